The minimum Gasteiger partial charge on any atom is -0.324 e. The van der Waals surface area contributed by atoms with E-state index in [2.05, 4.69) is 13.0 Å². The van der Waals surface area contributed by atoms with Crippen LogP contribution in [0, 0.1) is 0 Å². The van der Waals surface area contributed by atoms with Crippen LogP contribution in [0.2, 0.25) is 0 Å². The van der Waals surface area contributed by atoms with Crippen molar-refractivity contribution in [2.45, 2.75) is 32.2 Å². The molecule has 0 fully saturated rings. The first-order chi connectivity index (χ1) is 5.33. The lowest BCUT2D eigenvalue weighted by Crippen LogP contribution is -2.11. The molecule has 0 aromatic carbocycles. The van der Waals surface area contributed by atoms with Crippen molar-refractivity contribution in [3.8, 4) is 0 Å². The van der Waals surface area contributed by atoms with Gasteiger partial charge in [0.25, 0.3) is 0 Å². The molecule has 2 N–H and O–H groups in total. The summed E-state index contributed by atoms with van der Waals surface area (Å²) in [5.41, 5.74) is 7.33. The van der Waals surface area contributed by atoms with Crippen molar-refractivity contribution in [2.24, 2.45) is 5.73 Å². The molecule has 0 saturated carbocycles. The second kappa shape index (κ2) is 4.83. The molecule has 1 nitrogen and oxygen atoms in total. The smallest absolute Gasteiger partial charge is 0.0229 e. The van der Waals surface area contributed by atoms with E-state index in [4.69, 9.17) is 5.73 Å². The van der Waals surface area contributed by atoms with Gasteiger partial charge in [-0.1, -0.05) is 18.6 Å². The molecule has 0 aromatic heterocycles. The lowest BCUT2D eigenvalue weighted by atomic mass is 10.2. The van der Waals surface area contributed by atoms with Crippen molar-refractivity contribution >= 4 is 11.8 Å². The maximum Gasteiger partial charge on any atom is 0.0229 e. The minimum atomic E-state index is 0.358. The Labute approximate surface area is 73.4 Å². The van der Waals surface area contributed by atoms with Crippen LogP contribution in [0.4, 0.5) is 0 Å². The number of hydrogen-bond acceptors (Lipinski definition) is 2. The molecule has 1 rings (SSSR count). The van der Waals surface area contributed by atoms with E-state index < -0.39 is 0 Å². The maximum atomic E-state index is 5.75. The summed E-state index contributed by atoms with van der Waals surface area (Å²) in [7, 11) is 0. The van der Waals surface area contributed by atoms with Crippen LogP contribution < -0.4 is 5.73 Å². The Morgan fingerprint density at radius 1 is 1.73 bits per heavy atom. The maximum absolute atomic E-state index is 5.75. The third-order valence-electron chi connectivity index (χ3n) is 2.02. The summed E-state index contributed by atoms with van der Waals surface area (Å²) >= 11 is 2.01. The molecular formula is C9H17NS. The fraction of sp³-hybridized carbons (Fsp3) is 0.778. The Hall–Kier alpha value is 0.0500. The topological polar surface area (TPSA) is 26.0 Å². The fourth-order valence-electron chi connectivity index (χ4n) is 1.38. The van der Waals surface area contributed by atoms with E-state index in [0.717, 1.165) is 0 Å². The predicted octanol–water partition coefficient (Wildman–Crippen LogP) is 2.18. The molecule has 0 saturated heterocycles. The lowest BCUT2D eigenvalue weighted by Gasteiger charge is -1.98. The average molecular weight is 171 g/mol. The van der Waals surface area contributed by atoms with Crippen molar-refractivity contribution in [2.75, 3.05) is 11.5 Å². The van der Waals surface area contributed by atoms with Crippen LogP contribution in [0.25, 0.3) is 0 Å². The Bertz CT molecular complexity index is 142. The molecule has 0 spiro atoms. The minimum absolute atomic E-state index is 0.358. The second-order valence-corrected chi connectivity index (χ2v) is 4.37. The molecular weight excluding hydrogens is 154 g/mol. The first-order valence-corrected chi connectivity index (χ1v) is 5.51. The molecule has 0 radical (unpaired) electrons. The van der Waals surface area contributed by atoms with Gasteiger partial charge in [0.1, 0.15) is 0 Å². The van der Waals surface area contributed by atoms with Crippen molar-refractivity contribution < 1.29 is 0 Å². The fourth-order valence-corrected chi connectivity index (χ4v) is 2.07. The Balaban J connectivity index is 2.12. The highest BCUT2D eigenvalue weighted by molar-refractivity contribution is 7.99. The van der Waals surface area contributed by atoms with Crippen LogP contribution in [0.1, 0.15) is 26.2 Å². The zero-order chi connectivity index (χ0) is 8.10. The standard InChI is InChI=1S/C9H17NS/c1-2-11-6-5-8-3-4-9(10)7-8/h7,9H,2-6,10H2,1H3. The Morgan fingerprint density at radius 2 is 2.55 bits per heavy atom. The van der Waals surface area contributed by atoms with Crippen LogP contribution in [0.3, 0.4) is 0 Å². The summed E-state index contributed by atoms with van der Waals surface area (Å²) in [5, 5.41) is 0. The van der Waals surface area contributed by atoms with Crippen LogP contribution in [-0.2, 0) is 0 Å². The molecule has 1 aliphatic carbocycles. The predicted molar refractivity (Wildman–Crippen MR) is 52.9 cm³/mol. The van der Waals surface area contributed by atoms with Gasteiger partial charge in [-0.2, -0.15) is 11.8 Å². The van der Waals surface area contributed by atoms with E-state index in [0.29, 0.717) is 6.04 Å². The first-order valence-electron chi connectivity index (χ1n) is 4.36. The molecule has 0 heterocycles. The Morgan fingerprint density at radius 3 is 3.09 bits per heavy atom. The third kappa shape index (κ3) is 3.30. The monoisotopic (exact) mass is 171 g/mol. The van der Waals surface area contributed by atoms with Crippen molar-refractivity contribution in [3.05, 3.63) is 11.6 Å². The number of nitrogens with two attached hydrogens (primary N) is 1. The number of hydrogen-bond donors (Lipinski definition) is 1. The Kier molecular flexibility index (Phi) is 4.02. The van der Waals surface area contributed by atoms with E-state index >= 15 is 0 Å². The van der Waals surface area contributed by atoms with Gasteiger partial charge < -0.3 is 5.73 Å². The van der Waals surface area contributed by atoms with Crippen LogP contribution >= 0.6 is 11.8 Å². The van der Waals surface area contributed by atoms with Crippen molar-refractivity contribution in [1.82, 2.24) is 0 Å². The molecule has 1 atom stereocenters. The molecule has 1 unspecified atom stereocenters. The number of thioether (sulfide) groups is 1. The molecule has 2 heteroatoms. The van der Waals surface area contributed by atoms with Gasteiger partial charge in [0.2, 0.25) is 0 Å². The average Bonchev–Trinajstić information content (AvgIpc) is 2.37. The van der Waals surface area contributed by atoms with Gasteiger partial charge in [-0.3, -0.25) is 0 Å². The summed E-state index contributed by atoms with van der Waals surface area (Å²) in [6.07, 6.45) is 5.92. The second-order valence-electron chi connectivity index (χ2n) is 2.97. The first kappa shape index (κ1) is 9.14. The number of rotatable bonds is 4. The van der Waals surface area contributed by atoms with Gasteiger partial charge in [0, 0.05) is 6.04 Å². The van der Waals surface area contributed by atoms with E-state index in [9.17, 15) is 0 Å². The highest BCUT2D eigenvalue weighted by atomic mass is 32.2. The zero-order valence-electron chi connectivity index (χ0n) is 7.18. The van der Waals surface area contributed by atoms with Gasteiger partial charge in [0.15, 0.2) is 0 Å². The van der Waals surface area contributed by atoms with Crippen LogP contribution in [-0.4, -0.2) is 17.5 Å². The molecule has 0 amide bonds. The summed E-state index contributed by atoms with van der Waals surface area (Å²) in [5.74, 6) is 2.51. The lowest BCUT2D eigenvalue weighted by molar-refractivity contribution is 0.769. The zero-order valence-corrected chi connectivity index (χ0v) is 7.99. The molecule has 1 aliphatic rings. The summed E-state index contributed by atoms with van der Waals surface area (Å²) in [6, 6.07) is 0.358. The third-order valence-corrected chi connectivity index (χ3v) is 2.92. The van der Waals surface area contributed by atoms with E-state index in [1.54, 1.807) is 5.57 Å². The molecule has 0 aliphatic heterocycles. The summed E-state index contributed by atoms with van der Waals surface area (Å²) < 4.78 is 0. The van der Waals surface area contributed by atoms with E-state index in [-0.39, 0.29) is 0 Å². The highest BCUT2D eigenvalue weighted by Gasteiger charge is 2.10. The highest BCUT2D eigenvalue weighted by Crippen LogP contribution is 2.21. The van der Waals surface area contributed by atoms with E-state index in [1.807, 2.05) is 11.8 Å². The van der Waals surface area contributed by atoms with Crippen molar-refractivity contribution in [1.29, 1.82) is 0 Å². The summed E-state index contributed by atoms with van der Waals surface area (Å²) in [6.45, 7) is 2.21. The molecule has 0 bridgehead atoms. The number of allylic oxidation sites excluding steroid dienone is 1. The van der Waals surface area contributed by atoms with Gasteiger partial charge in [-0.15, -0.1) is 0 Å². The molecule has 11 heavy (non-hydrogen) atoms. The normalized spacial score (nSPS) is 23.8. The van der Waals surface area contributed by atoms with Crippen LogP contribution in [0.15, 0.2) is 11.6 Å². The van der Waals surface area contributed by atoms with Crippen molar-refractivity contribution in [3.63, 3.8) is 0 Å². The van der Waals surface area contributed by atoms with Gasteiger partial charge in [-0.05, 0) is 30.8 Å². The van der Waals surface area contributed by atoms with Gasteiger partial charge in [-0.25, -0.2) is 0 Å². The summed E-state index contributed by atoms with van der Waals surface area (Å²) in [4.78, 5) is 0. The SMILES string of the molecule is CCSCCC1=CC(N)CC1. The van der Waals surface area contributed by atoms with Gasteiger partial charge in [0.05, 0.1) is 0 Å². The largest absolute Gasteiger partial charge is 0.324 e. The van der Waals surface area contributed by atoms with Gasteiger partial charge >= 0.3 is 0 Å². The quantitative estimate of drug-likeness (QED) is 0.518. The molecule has 64 valence electrons. The van der Waals surface area contributed by atoms with E-state index in [1.165, 1.54) is 30.8 Å². The van der Waals surface area contributed by atoms with Crippen LogP contribution in [0.5, 0.6) is 0 Å². The molecule has 0 aromatic rings.